The zero-order chi connectivity index (χ0) is 21.5. The van der Waals surface area contributed by atoms with Crippen LogP contribution in [0.1, 0.15) is 52.0 Å². The summed E-state index contributed by atoms with van der Waals surface area (Å²) in [7, 11) is 0. The van der Waals surface area contributed by atoms with Crippen LogP contribution in [-0.2, 0) is 14.3 Å². The van der Waals surface area contributed by atoms with Crippen LogP contribution >= 0.6 is 0 Å². The third-order valence-electron chi connectivity index (χ3n) is 5.43. The first-order valence-corrected chi connectivity index (χ1v) is 11.2. The second-order valence-corrected chi connectivity index (χ2v) is 8.37. The van der Waals surface area contributed by atoms with Gasteiger partial charge in [-0.1, -0.05) is 52.2 Å². The van der Waals surface area contributed by atoms with E-state index in [9.17, 15) is 9.59 Å². The van der Waals surface area contributed by atoms with Crippen LogP contribution in [0, 0.1) is 5.92 Å². The molecule has 1 saturated heterocycles. The van der Waals surface area contributed by atoms with Crippen LogP contribution in [0.4, 0.5) is 0 Å². The van der Waals surface area contributed by atoms with Crippen molar-refractivity contribution in [3.63, 3.8) is 0 Å². The van der Waals surface area contributed by atoms with Crippen LogP contribution in [0.25, 0.3) is 5.57 Å². The van der Waals surface area contributed by atoms with Gasteiger partial charge in [0.25, 0.3) is 11.8 Å². The predicted octanol–water partition coefficient (Wildman–Crippen LogP) is 3.71. The fourth-order valence-electron chi connectivity index (χ4n) is 3.78. The highest BCUT2D eigenvalue weighted by Gasteiger charge is 2.41. The first-order valence-electron chi connectivity index (χ1n) is 11.2. The van der Waals surface area contributed by atoms with E-state index in [0.29, 0.717) is 56.6 Å². The minimum atomic E-state index is -0.186. The Morgan fingerprint density at radius 3 is 2.33 bits per heavy atom. The molecule has 0 radical (unpaired) electrons. The molecule has 1 aromatic rings. The van der Waals surface area contributed by atoms with E-state index in [1.54, 1.807) is 0 Å². The molecule has 3 rings (SSSR count). The molecule has 6 heteroatoms. The Morgan fingerprint density at radius 1 is 1.00 bits per heavy atom. The maximum Gasteiger partial charge on any atom is 0.277 e. The van der Waals surface area contributed by atoms with E-state index in [2.05, 4.69) is 20.8 Å². The normalized spacial score (nSPS) is 17.5. The van der Waals surface area contributed by atoms with E-state index < -0.39 is 0 Å². The van der Waals surface area contributed by atoms with Crippen LogP contribution in [0.2, 0.25) is 0 Å². The molecule has 0 aromatic heterocycles. The minimum Gasteiger partial charge on any atom is -0.493 e. The standard InChI is InChI=1S/C24H34N2O4/c1-4-5-6-7-12-26-23(27)21(22(24(26)28)25-13-15-29-16-14-25)19-8-10-20(11-9-19)30-17-18(2)3/h8-11,18H,4-7,12-17H2,1-3H3. The molecule has 0 N–H and O–H groups in total. The monoisotopic (exact) mass is 414 g/mol. The second kappa shape index (κ2) is 10.6. The number of unbranched alkanes of at least 4 members (excludes halogenated alkanes) is 3. The summed E-state index contributed by atoms with van der Waals surface area (Å²) in [5.74, 6) is 0.854. The van der Waals surface area contributed by atoms with Gasteiger partial charge in [-0.15, -0.1) is 0 Å². The van der Waals surface area contributed by atoms with E-state index in [4.69, 9.17) is 9.47 Å². The maximum atomic E-state index is 13.3. The lowest BCUT2D eigenvalue weighted by Crippen LogP contribution is -2.40. The average molecular weight is 415 g/mol. The summed E-state index contributed by atoms with van der Waals surface area (Å²) in [6, 6.07) is 7.53. The number of imide groups is 1. The van der Waals surface area contributed by atoms with Crippen molar-refractivity contribution in [1.29, 1.82) is 0 Å². The van der Waals surface area contributed by atoms with Gasteiger partial charge in [-0.2, -0.15) is 0 Å². The van der Waals surface area contributed by atoms with Crippen LogP contribution in [0.15, 0.2) is 30.0 Å². The summed E-state index contributed by atoms with van der Waals surface area (Å²) in [6.07, 6.45) is 4.11. The molecule has 0 atom stereocenters. The number of carbonyl (C=O) groups is 2. The highest BCUT2D eigenvalue weighted by molar-refractivity contribution is 6.35. The molecule has 0 saturated carbocycles. The molecule has 0 unspecified atom stereocenters. The lowest BCUT2D eigenvalue weighted by atomic mass is 10.0. The van der Waals surface area contributed by atoms with Crippen molar-refractivity contribution < 1.29 is 19.1 Å². The number of amides is 2. The molecule has 164 valence electrons. The molecule has 0 bridgehead atoms. The van der Waals surface area contributed by atoms with Crippen molar-refractivity contribution in [2.45, 2.75) is 46.5 Å². The Balaban J connectivity index is 1.85. The molecule has 0 aliphatic carbocycles. The molecule has 2 aliphatic heterocycles. The van der Waals surface area contributed by atoms with Crippen molar-refractivity contribution in [3.05, 3.63) is 35.5 Å². The molecule has 6 nitrogen and oxygen atoms in total. The number of hydrogen-bond donors (Lipinski definition) is 0. The topological polar surface area (TPSA) is 59.1 Å². The summed E-state index contributed by atoms with van der Waals surface area (Å²) >= 11 is 0. The number of rotatable bonds is 10. The molecule has 2 aliphatic rings. The Hall–Kier alpha value is -2.34. The second-order valence-electron chi connectivity index (χ2n) is 8.37. The largest absolute Gasteiger partial charge is 0.493 e. The quantitative estimate of drug-likeness (QED) is 0.431. The Kier molecular flexibility index (Phi) is 7.91. The molecule has 2 heterocycles. The molecule has 1 fully saturated rings. The summed E-state index contributed by atoms with van der Waals surface area (Å²) in [5, 5.41) is 0. The van der Waals surface area contributed by atoms with Crippen LogP contribution in [-0.4, -0.2) is 61.1 Å². The fourth-order valence-corrected chi connectivity index (χ4v) is 3.78. The van der Waals surface area contributed by atoms with Gasteiger partial charge in [0.15, 0.2) is 0 Å². The van der Waals surface area contributed by atoms with E-state index in [-0.39, 0.29) is 11.8 Å². The lowest BCUT2D eigenvalue weighted by molar-refractivity contribution is -0.137. The average Bonchev–Trinajstić information content (AvgIpc) is 3.00. The fraction of sp³-hybridized carbons (Fsp3) is 0.583. The van der Waals surface area contributed by atoms with Gasteiger partial charge in [-0.25, -0.2) is 0 Å². The first kappa shape index (κ1) is 22.3. The molecular formula is C24H34N2O4. The molecular weight excluding hydrogens is 380 g/mol. The van der Waals surface area contributed by atoms with Crippen LogP contribution < -0.4 is 4.74 Å². The van der Waals surface area contributed by atoms with Crippen LogP contribution in [0.5, 0.6) is 5.75 Å². The number of ether oxygens (including phenoxy) is 2. The predicted molar refractivity (Wildman–Crippen MR) is 117 cm³/mol. The van der Waals surface area contributed by atoms with Crippen molar-refractivity contribution in [1.82, 2.24) is 9.80 Å². The lowest BCUT2D eigenvalue weighted by Gasteiger charge is -2.29. The Morgan fingerprint density at radius 2 is 1.70 bits per heavy atom. The summed E-state index contributed by atoms with van der Waals surface area (Å²) in [5.41, 5.74) is 1.80. The highest BCUT2D eigenvalue weighted by atomic mass is 16.5. The summed E-state index contributed by atoms with van der Waals surface area (Å²) in [6.45, 7) is 9.85. The number of carbonyl (C=O) groups excluding carboxylic acids is 2. The first-order chi connectivity index (χ1) is 14.5. The van der Waals surface area contributed by atoms with Crippen molar-refractivity contribution in [2.24, 2.45) is 5.92 Å². The third kappa shape index (κ3) is 5.22. The van der Waals surface area contributed by atoms with E-state index in [1.807, 2.05) is 29.2 Å². The SMILES string of the molecule is CCCCCCN1C(=O)C(c2ccc(OCC(C)C)cc2)=C(N2CCOCC2)C1=O. The van der Waals surface area contributed by atoms with E-state index in [1.165, 1.54) is 4.90 Å². The van der Waals surface area contributed by atoms with Gasteiger partial charge >= 0.3 is 0 Å². The molecule has 30 heavy (non-hydrogen) atoms. The summed E-state index contributed by atoms with van der Waals surface area (Å²) < 4.78 is 11.2. The zero-order valence-electron chi connectivity index (χ0n) is 18.5. The number of benzene rings is 1. The van der Waals surface area contributed by atoms with Gasteiger partial charge in [0.2, 0.25) is 0 Å². The van der Waals surface area contributed by atoms with Crippen molar-refractivity contribution in [3.8, 4) is 5.75 Å². The number of morpholine rings is 1. The summed E-state index contributed by atoms with van der Waals surface area (Å²) in [4.78, 5) is 30.0. The van der Waals surface area contributed by atoms with Crippen molar-refractivity contribution in [2.75, 3.05) is 39.5 Å². The number of nitrogens with zero attached hydrogens (tertiary/aromatic N) is 2. The Bertz CT molecular complexity index is 764. The van der Waals surface area contributed by atoms with Gasteiger partial charge in [0.05, 0.1) is 25.4 Å². The van der Waals surface area contributed by atoms with Crippen LogP contribution in [0.3, 0.4) is 0 Å². The van der Waals surface area contributed by atoms with E-state index in [0.717, 1.165) is 37.0 Å². The van der Waals surface area contributed by atoms with E-state index >= 15 is 0 Å². The molecule has 2 amide bonds. The van der Waals surface area contributed by atoms with Gasteiger partial charge < -0.3 is 14.4 Å². The van der Waals surface area contributed by atoms with Gasteiger partial charge in [0.1, 0.15) is 11.4 Å². The van der Waals surface area contributed by atoms with Gasteiger partial charge in [0, 0.05) is 19.6 Å². The van der Waals surface area contributed by atoms with Gasteiger partial charge in [-0.3, -0.25) is 14.5 Å². The minimum absolute atomic E-state index is 0.173. The molecule has 1 aromatic carbocycles. The maximum absolute atomic E-state index is 13.3. The molecule has 0 spiro atoms. The van der Waals surface area contributed by atoms with Crippen molar-refractivity contribution >= 4 is 17.4 Å². The highest BCUT2D eigenvalue weighted by Crippen LogP contribution is 2.33. The smallest absolute Gasteiger partial charge is 0.277 e. The Labute approximate surface area is 179 Å². The zero-order valence-corrected chi connectivity index (χ0v) is 18.5. The number of hydrogen-bond acceptors (Lipinski definition) is 5. The third-order valence-corrected chi connectivity index (χ3v) is 5.43. The van der Waals surface area contributed by atoms with Gasteiger partial charge in [-0.05, 0) is 30.0 Å².